The molecule has 138 valence electrons. The largest absolute Gasteiger partial charge is 0.364 e. The van der Waals surface area contributed by atoms with Crippen LogP contribution in [0.5, 0.6) is 0 Å². The number of hydrogen-bond acceptors (Lipinski definition) is 4. The van der Waals surface area contributed by atoms with Crippen LogP contribution in [0.25, 0.3) is 6.08 Å². The monoisotopic (exact) mass is 383 g/mol. The molecule has 0 bridgehead atoms. The Hall–Kier alpha value is -1.49. The van der Waals surface area contributed by atoms with E-state index in [0.29, 0.717) is 23.3 Å². The summed E-state index contributed by atoms with van der Waals surface area (Å²) in [6.07, 6.45) is 8.03. The van der Waals surface area contributed by atoms with E-state index in [1.165, 1.54) is 0 Å². The average molecular weight is 384 g/mol. The van der Waals surface area contributed by atoms with Crippen LogP contribution >= 0.6 is 23.2 Å². The van der Waals surface area contributed by atoms with E-state index >= 15 is 0 Å². The van der Waals surface area contributed by atoms with Gasteiger partial charge in [-0.2, -0.15) is 0 Å². The predicted octanol–water partition coefficient (Wildman–Crippen LogP) is 4.56. The molecule has 6 heteroatoms. The lowest BCUT2D eigenvalue weighted by atomic mass is 10.2. The van der Waals surface area contributed by atoms with E-state index in [1.54, 1.807) is 6.07 Å². The highest BCUT2D eigenvalue weighted by atomic mass is 35.5. The molecule has 0 unspecified atom stereocenters. The van der Waals surface area contributed by atoms with E-state index in [4.69, 9.17) is 23.2 Å². The highest BCUT2D eigenvalue weighted by molar-refractivity contribution is 6.35. The number of benzene rings is 1. The Kier molecular flexibility index (Phi) is 9.65. The summed E-state index contributed by atoms with van der Waals surface area (Å²) in [4.78, 5) is 16.8. The van der Waals surface area contributed by atoms with Gasteiger partial charge in [0.1, 0.15) is 6.29 Å². The van der Waals surface area contributed by atoms with Crippen molar-refractivity contribution in [2.24, 2.45) is 0 Å². The van der Waals surface area contributed by atoms with E-state index in [-0.39, 0.29) is 0 Å². The lowest BCUT2D eigenvalue weighted by molar-refractivity contribution is -0.108. The summed E-state index contributed by atoms with van der Waals surface area (Å²) in [6.45, 7) is 6.21. The number of carbonyl (C=O) groups excluding carboxylic acids is 1. The van der Waals surface area contributed by atoms with Crippen LogP contribution in [0.2, 0.25) is 10.0 Å². The van der Waals surface area contributed by atoms with Gasteiger partial charge < -0.3 is 14.6 Å². The second kappa shape index (κ2) is 11.2. The molecule has 0 aliphatic rings. The fourth-order valence-electron chi connectivity index (χ4n) is 2.25. The fraction of sp³-hybridized carbons (Fsp3) is 0.421. The van der Waals surface area contributed by atoms with Gasteiger partial charge in [-0.15, -0.1) is 0 Å². The van der Waals surface area contributed by atoms with E-state index in [2.05, 4.69) is 29.8 Å². The van der Waals surface area contributed by atoms with Gasteiger partial charge >= 0.3 is 0 Å². The van der Waals surface area contributed by atoms with Gasteiger partial charge in [0.25, 0.3) is 0 Å². The summed E-state index contributed by atoms with van der Waals surface area (Å²) in [7, 11) is 3.93. The minimum absolute atomic E-state index is 0.422. The summed E-state index contributed by atoms with van der Waals surface area (Å²) < 4.78 is 0. The molecule has 0 fully saturated rings. The van der Waals surface area contributed by atoms with Crippen LogP contribution in [0.15, 0.2) is 36.3 Å². The SMILES string of the molecule is CCCN(/C=C/c1ccc(Cl)cc1Cl)/C=C(\C)N(C)CN(C)CC=O. The molecule has 0 saturated heterocycles. The Balaban J connectivity index is 2.83. The van der Waals surface area contributed by atoms with Gasteiger partial charge in [0.15, 0.2) is 0 Å². The molecule has 0 N–H and O–H groups in total. The van der Waals surface area contributed by atoms with E-state index < -0.39 is 0 Å². The van der Waals surface area contributed by atoms with Crippen LogP contribution in [0, 0.1) is 0 Å². The second-order valence-corrected chi connectivity index (χ2v) is 6.88. The van der Waals surface area contributed by atoms with Gasteiger partial charge in [-0.25, -0.2) is 0 Å². The standard InChI is InChI=1S/C19H27Cl2N3O/c1-5-9-24(10-8-17-6-7-18(20)13-19(17)21)14-16(2)23(4)15-22(3)11-12-25/h6-8,10,12-14H,5,9,11,15H2,1-4H3/b10-8+,16-14+. The van der Waals surface area contributed by atoms with Crippen molar-refractivity contribution in [1.82, 2.24) is 14.7 Å². The van der Waals surface area contributed by atoms with Crippen molar-refractivity contribution >= 4 is 35.6 Å². The van der Waals surface area contributed by atoms with Crippen LogP contribution in [-0.2, 0) is 4.79 Å². The average Bonchev–Trinajstić information content (AvgIpc) is 2.54. The lowest BCUT2D eigenvalue weighted by Crippen LogP contribution is -2.33. The van der Waals surface area contributed by atoms with Crippen LogP contribution in [-0.4, -0.2) is 54.8 Å². The number of aldehydes is 1. The van der Waals surface area contributed by atoms with Gasteiger partial charge in [-0.3, -0.25) is 4.90 Å². The molecular weight excluding hydrogens is 357 g/mol. The molecule has 1 rings (SSSR count). The first-order chi connectivity index (χ1) is 11.9. The number of carbonyl (C=O) groups is 1. The number of hydrogen-bond donors (Lipinski definition) is 0. The number of likely N-dealkylation sites (N-methyl/N-ethyl adjacent to an activating group) is 1. The molecule has 0 aromatic heterocycles. The van der Waals surface area contributed by atoms with E-state index in [0.717, 1.165) is 30.5 Å². The molecule has 1 aromatic carbocycles. The zero-order valence-corrected chi connectivity index (χ0v) is 16.9. The van der Waals surface area contributed by atoms with Crippen LogP contribution in [0.4, 0.5) is 0 Å². The lowest BCUT2D eigenvalue weighted by Gasteiger charge is -2.27. The molecule has 0 heterocycles. The van der Waals surface area contributed by atoms with Crippen molar-refractivity contribution in [3.8, 4) is 0 Å². The normalized spacial score (nSPS) is 12.0. The fourth-order valence-corrected chi connectivity index (χ4v) is 2.72. The first-order valence-electron chi connectivity index (χ1n) is 8.28. The minimum atomic E-state index is 0.422. The summed E-state index contributed by atoms with van der Waals surface area (Å²) >= 11 is 12.2. The molecule has 1 aromatic rings. The van der Waals surface area contributed by atoms with Crippen LogP contribution < -0.4 is 0 Å². The Bertz CT molecular complexity index is 617. The highest BCUT2D eigenvalue weighted by Gasteiger charge is 2.05. The molecule has 4 nitrogen and oxygen atoms in total. The molecule has 0 amide bonds. The number of rotatable bonds is 10. The smallest absolute Gasteiger partial charge is 0.134 e. The summed E-state index contributed by atoms with van der Waals surface area (Å²) in [5.41, 5.74) is 2.04. The maximum atomic E-state index is 10.6. The molecule has 0 saturated carbocycles. The van der Waals surface area contributed by atoms with Crippen molar-refractivity contribution < 1.29 is 4.79 Å². The molecule has 0 atom stereocenters. The van der Waals surface area contributed by atoms with Crippen molar-refractivity contribution in [3.63, 3.8) is 0 Å². The summed E-state index contributed by atoms with van der Waals surface area (Å²) in [6, 6.07) is 5.47. The second-order valence-electron chi connectivity index (χ2n) is 6.03. The topological polar surface area (TPSA) is 26.8 Å². The number of nitrogens with zero attached hydrogens (tertiary/aromatic N) is 3. The molecular formula is C19H27Cl2N3O. The van der Waals surface area contributed by atoms with Gasteiger partial charge in [0.05, 0.1) is 13.2 Å². The molecule has 25 heavy (non-hydrogen) atoms. The van der Waals surface area contributed by atoms with E-state index in [9.17, 15) is 4.79 Å². The first kappa shape index (κ1) is 21.6. The predicted molar refractivity (Wildman–Crippen MR) is 108 cm³/mol. The third kappa shape index (κ3) is 7.95. The third-order valence-corrected chi connectivity index (χ3v) is 4.25. The van der Waals surface area contributed by atoms with Gasteiger partial charge in [0.2, 0.25) is 0 Å². The highest BCUT2D eigenvalue weighted by Crippen LogP contribution is 2.22. The Morgan fingerprint density at radius 3 is 2.56 bits per heavy atom. The Labute approximate surface area is 161 Å². The van der Waals surface area contributed by atoms with Crippen molar-refractivity contribution in [2.75, 3.05) is 33.9 Å². The van der Waals surface area contributed by atoms with Crippen molar-refractivity contribution in [2.45, 2.75) is 20.3 Å². The summed E-state index contributed by atoms with van der Waals surface area (Å²) in [5.74, 6) is 0. The summed E-state index contributed by atoms with van der Waals surface area (Å²) in [5, 5.41) is 1.26. The zero-order valence-electron chi connectivity index (χ0n) is 15.4. The molecule has 0 radical (unpaired) electrons. The molecule has 0 spiro atoms. The van der Waals surface area contributed by atoms with Crippen LogP contribution in [0.1, 0.15) is 25.8 Å². The Morgan fingerprint density at radius 1 is 1.24 bits per heavy atom. The quantitative estimate of drug-likeness (QED) is 0.437. The van der Waals surface area contributed by atoms with Crippen molar-refractivity contribution in [3.05, 3.63) is 51.9 Å². The Morgan fingerprint density at radius 2 is 1.96 bits per heavy atom. The van der Waals surface area contributed by atoms with Gasteiger partial charge in [-0.05, 0) is 44.2 Å². The van der Waals surface area contributed by atoms with Crippen LogP contribution in [0.3, 0.4) is 0 Å². The zero-order chi connectivity index (χ0) is 18.8. The number of allylic oxidation sites excluding steroid dienone is 1. The van der Waals surface area contributed by atoms with Crippen molar-refractivity contribution in [1.29, 1.82) is 0 Å². The third-order valence-electron chi connectivity index (χ3n) is 3.68. The molecule has 0 aliphatic carbocycles. The van der Waals surface area contributed by atoms with Gasteiger partial charge in [0, 0.05) is 41.7 Å². The van der Waals surface area contributed by atoms with Gasteiger partial charge in [-0.1, -0.05) is 36.2 Å². The minimum Gasteiger partial charge on any atom is -0.364 e. The first-order valence-corrected chi connectivity index (χ1v) is 9.03. The van der Waals surface area contributed by atoms with E-state index in [1.807, 2.05) is 43.4 Å². The maximum absolute atomic E-state index is 10.6. The number of halogens is 2. The maximum Gasteiger partial charge on any atom is 0.134 e. The molecule has 0 aliphatic heterocycles.